The summed E-state index contributed by atoms with van der Waals surface area (Å²) in [5.41, 5.74) is 3.37. The van der Waals surface area contributed by atoms with E-state index in [9.17, 15) is 30.6 Å². The summed E-state index contributed by atoms with van der Waals surface area (Å²) in [6.45, 7) is 11.6. The van der Waals surface area contributed by atoms with E-state index in [1.54, 1.807) is 12.4 Å². The largest absolute Gasteiger partial charge is 0.507 e. The van der Waals surface area contributed by atoms with E-state index in [2.05, 4.69) is 0 Å². The van der Waals surface area contributed by atoms with Crippen molar-refractivity contribution in [1.82, 2.24) is 0 Å². The molecule has 0 spiro atoms. The van der Waals surface area contributed by atoms with Gasteiger partial charge in [-0.05, 0) is 160 Å². The van der Waals surface area contributed by atoms with Crippen molar-refractivity contribution < 1.29 is 30.6 Å². The highest BCUT2D eigenvalue weighted by atomic mass is 16.3. The molecule has 0 saturated heterocycles. The Morgan fingerprint density at radius 1 is 0.483 bits per heavy atom. The average Bonchev–Trinajstić information content (AvgIpc) is 3.12. The molecule has 8 aliphatic rings. The summed E-state index contributed by atoms with van der Waals surface area (Å²) in [7, 11) is 0. The summed E-state index contributed by atoms with van der Waals surface area (Å²) >= 11 is 0. The zero-order valence-electron chi connectivity index (χ0n) is 35.0. The molecule has 0 unspecified atom stereocenters. The molecule has 8 aliphatic carbocycles. The lowest BCUT2D eigenvalue weighted by Crippen LogP contribution is -2.49. The second kappa shape index (κ2) is 13.0. The quantitative estimate of drug-likeness (QED) is 0.0812. The molecule has 0 amide bonds. The van der Waals surface area contributed by atoms with Gasteiger partial charge in [0, 0.05) is 56.6 Å². The number of rotatable bonds is 7. The highest BCUT2D eigenvalue weighted by Gasteiger charge is 2.52. The van der Waals surface area contributed by atoms with Crippen LogP contribution in [-0.4, -0.2) is 54.1 Å². The summed E-state index contributed by atoms with van der Waals surface area (Å²) in [6, 6.07) is 3.88. The topological polar surface area (TPSA) is 146 Å². The minimum atomic E-state index is -0.306. The van der Waals surface area contributed by atoms with Crippen LogP contribution in [0.15, 0.2) is 22.1 Å². The number of benzene rings is 4. The Balaban J connectivity index is 1.19. The molecular formula is C50H60N2O6. The Hall–Kier alpha value is -4.46. The number of phenols is 6. The molecule has 0 aromatic heterocycles. The Labute approximate surface area is 341 Å². The molecular weight excluding hydrogens is 725 g/mol. The summed E-state index contributed by atoms with van der Waals surface area (Å²) in [6.07, 6.45) is 17.2. The van der Waals surface area contributed by atoms with E-state index in [-0.39, 0.29) is 68.5 Å². The van der Waals surface area contributed by atoms with Crippen molar-refractivity contribution in [2.24, 2.45) is 45.5 Å². The Morgan fingerprint density at radius 2 is 0.776 bits per heavy atom. The van der Waals surface area contributed by atoms with Crippen molar-refractivity contribution in [3.05, 3.63) is 45.5 Å². The van der Waals surface area contributed by atoms with Gasteiger partial charge in [0.25, 0.3) is 0 Å². The van der Waals surface area contributed by atoms with Gasteiger partial charge in [-0.2, -0.15) is 0 Å². The monoisotopic (exact) mass is 784 g/mol. The van der Waals surface area contributed by atoms with E-state index in [1.165, 1.54) is 38.5 Å². The zero-order valence-corrected chi connectivity index (χ0v) is 35.0. The van der Waals surface area contributed by atoms with E-state index < -0.39 is 0 Å². The van der Waals surface area contributed by atoms with Crippen LogP contribution >= 0.6 is 0 Å². The summed E-state index contributed by atoms with van der Waals surface area (Å²) < 4.78 is 0. The molecule has 306 valence electrons. The van der Waals surface area contributed by atoms with Crippen LogP contribution in [0.3, 0.4) is 0 Å². The normalized spacial score (nSPS) is 31.2. The maximum absolute atomic E-state index is 12.7. The second-order valence-electron chi connectivity index (χ2n) is 20.8. The van der Waals surface area contributed by atoms with E-state index in [0.717, 1.165) is 38.5 Å². The van der Waals surface area contributed by atoms with Crippen LogP contribution in [0.25, 0.3) is 32.7 Å². The van der Waals surface area contributed by atoms with Crippen LogP contribution in [0.5, 0.6) is 34.5 Å². The van der Waals surface area contributed by atoms with Crippen molar-refractivity contribution in [3.8, 4) is 45.6 Å². The molecule has 58 heavy (non-hydrogen) atoms. The average molecular weight is 785 g/mol. The number of aromatic hydroxyl groups is 6. The van der Waals surface area contributed by atoms with Crippen molar-refractivity contribution in [2.45, 2.75) is 142 Å². The molecule has 0 atom stereocenters. The molecule has 8 bridgehead atoms. The lowest BCUT2D eigenvalue weighted by Gasteiger charge is -2.55. The first-order valence-corrected chi connectivity index (χ1v) is 22.1. The van der Waals surface area contributed by atoms with Crippen LogP contribution < -0.4 is 0 Å². The number of phenolic OH excluding ortho intramolecular Hbond substituents is 6. The lowest BCUT2D eigenvalue weighted by molar-refractivity contribution is 0.00177. The minimum Gasteiger partial charge on any atom is -0.507 e. The highest BCUT2D eigenvalue weighted by Crippen LogP contribution is 2.60. The van der Waals surface area contributed by atoms with Gasteiger partial charge in [0.15, 0.2) is 23.0 Å². The Kier molecular flexibility index (Phi) is 8.48. The van der Waals surface area contributed by atoms with Crippen molar-refractivity contribution >= 4 is 34.0 Å². The SMILES string of the molecule is Cc1cc2c(C(C)C)c(O)c(O)c(C=NC34CC5CC(CC(C5)C3)C4)c2c(O)c1-c1c(C)cc2c(C(C)C)c(O)c(O)c(C=NC34CC5CC(CC(C5)C3)C4)c2c1O. The zero-order chi connectivity index (χ0) is 40.7. The van der Waals surface area contributed by atoms with Gasteiger partial charge >= 0.3 is 0 Å². The number of hydrogen-bond acceptors (Lipinski definition) is 8. The van der Waals surface area contributed by atoms with Gasteiger partial charge in [0.2, 0.25) is 0 Å². The van der Waals surface area contributed by atoms with Crippen molar-refractivity contribution in [2.75, 3.05) is 0 Å². The Morgan fingerprint density at radius 3 is 1.05 bits per heavy atom. The molecule has 0 heterocycles. The van der Waals surface area contributed by atoms with Crippen molar-refractivity contribution in [1.29, 1.82) is 0 Å². The van der Waals surface area contributed by atoms with Crippen molar-refractivity contribution in [3.63, 3.8) is 0 Å². The predicted molar refractivity (Wildman–Crippen MR) is 232 cm³/mol. The van der Waals surface area contributed by atoms with Gasteiger partial charge in [0.05, 0.1) is 11.1 Å². The first-order chi connectivity index (χ1) is 27.6. The lowest BCUT2D eigenvalue weighted by atomic mass is 9.53. The summed E-state index contributed by atoms with van der Waals surface area (Å²) in [5.74, 6) is 2.43. The smallest absolute Gasteiger partial charge is 0.167 e. The van der Waals surface area contributed by atoms with Crippen LogP contribution in [0.2, 0.25) is 0 Å². The minimum absolute atomic E-state index is 0.118. The molecule has 6 N–H and O–H groups in total. The maximum Gasteiger partial charge on any atom is 0.167 e. The number of aliphatic imine (C=N–C) groups is 2. The molecule has 4 aromatic rings. The van der Waals surface area contributed by atoms with Crippen LogP contribution in [0, 0.1) is 49.4 Å². The number of aryl methyl sites for hydroxylation is 2. The van der Waals surface area contributed by atoms with E-state index in [1.807, 2.05) is 53.7 Å². The van der Waals surface area contributed by atoms with E-state index >= 15 is 0 Å². The predicted octanol–water partition coefficient (Wildman–Crippen LogP) is 11.5. The molecule has 8 heteroatoms. The second-order valence-corrected chi connectivity index (χ2v) is 20.8. The number of hydrogen-bond donors (Lipinski definition) is 6. The van der Waals surface area contributed by atoms with E-state index in [4.69, 9.17) is 9.98 Å². The fourth-order valence-corrected chi connectivity index (χ4v) is 14.5. The molecule has 8 saturated carbocycles. The van der Waals surface area contributed by atoms with Crippen LogP contribution in [-0.2, 0) is 0 Å². The van der Waals surface area contributed by atoms with E-state index in [0.29, 0.717) is 90.4 Å². The van der Waals surface area contributed by atoms with Gasteiger partial charge in [0.1, 0.15) is 11.5 Å². The standard InChI is InChI=1S/C50H60N2O6/c1-23(2)37-33-7-25(5)39(45(55)41(33)35(43(53)47(37)57)21-51-49-15-27-9-28(16-49)11-29(10-27)17-49)40-26(6)8-34-38(24(3)4)48(58)44(54)36(42(34)46(40)56)22-52-50-18-30-12-31(19-50)14-32(13-30)20-50/h7-8,21-24,27-32,53-58H,9-20H2,1-6H3. The molecule has 8 nitrogen and oxygen atoms in total. The molecule has 12 rings (SSSR count). The van der Waals surface area contributed by atoms with Gasteiger partial charge in [-0.25, -0.2) is 0 Å². The maximum atomic E-state index is 12.7. The highest BCUT2D eigenvalue weighted by molar-refractivity contribution is 6.15. The van der Waals surface area contributed by atoms with Gasteiger partial charge in [-0.1, -0.05) is 39.8 Å². The fraction of sp³-hybridized carbons (Fsp3) is 0.560. The number of fused-ring (bicyclic) bond motifs is 2. The van der Waals surface area contributed by atoms with Gasteiger partial charge < -0.3 is 30.6 Å². The third-order valence-corrected chi connectivity index (χ3v) is 15.9. The first-order valence-electron chi connectivity index (χ1n) is 22.1. The third-order valence-electron chi connectivity index (χ3n) is 15.9. The van der Waals surface area contributed by atoms with Crippen LogP contribution in [0.4, 0.5) is 0 Å². The summed E-state index contributed by atoms with van der Waals surface area (Å²) in [4.78, 5) is 10.6. The third kappa shape index (κ3) is 5.58. The number of nitrogens with zero attached hydrogens (tertiary/aromatic N) is 2. The first kappa shape index (κ1) is 37.8. The summed E-state index contributed by atoms with van der Waals surface area (Å²) in [5, 5.41) is 74.1. The molecule has 8 fully saturated rings. The molecule has 0 aliphatic heterocycles. The molecule has 0 radical (unpaired) electrons. The van der Waals surface area contributed by atoms with Gasteiger partial charge in [-0.15, -0.1) is 0 Å². The van der Waals surface area contributed by atoms with Crippen LogP contribution in [0.1, 0.15) is 150 Å². The van der Waals surface area contributed by atoms with Gasteiger partial charge in [-0.3, -0.25) is 9.98 Å². The Bertz CT molecular complexity index is 2230. The molecule has 4 aromatic carbocycles. The fourth-order valence-electron chi connectivity index (χ4n) is 14.5.